The van der Waals surface area contributed by atoms with Crippen molar-refractivity contribution in [3.63, 3.8) is 0 Å². The summed E-state index contributed by atoms with van der Waals surface area (Å²) in [6, 6.07) is 21.0. The van der Waals surface area contributed by atoms with E-state index in [4.69, 9.17) is 9.47 Å². The van der Waals surface area contributed by atoms with E-state index >= 15 is 0 Å². The van der Waals surface area contributed by atoms with Gasteiger partial charge in [0.1, 0.15) is 23.3 Å². The predicted molar refractivity (Wildman–Crippen MR) is 252 cm³/mol. The number of H-pyrrole nitrogens is 1. The maximum Gasteiger partial charge on any atom is 0.314 e. The van der Waals surface area contributed by atoms with Gasteiger partial charge in [-0.1, -0.05) is 38.1 Å². The number of nitro groups is 1. The summed E-state index contributed by atoms with van der Waals surface area (Å²) in [6.07, 6.45) is 12.4. The van der Waals surface area contributed by atoms with Gasteiger partial charge < -0.3 is 29.8 Å². The van der Waals surface area contributed by atoms with Crippen molar-refractivity contribution in [2.45, 2.75) is 120 Å². The summed E-state index contributed by atoms with van der Waals surface area (Å²) in [7, 11) is -4.64. The molecular weight excluding hydrogens is 859 g/mol. The second-order valence-electron chi connectivity index (χ2n) is 20.0. The van der Waals surface area contributed by atoms with Crippen molar-refractivity contribution in [3.05, 3.63) is 106 Å². The normalized spacial score (nSPS) is 24.4. The predicted octanol–water partition coefficient (Wildman–Crippen LogP) is 9.21. The number of sulfonamides is 1. The molecule has 1 spiro atoms. The number of aromatic nitrogens is 2. The van der Waals surface area contributed by atoms with Crippen LogP contribution in [0.5, 0.6) is 17.2 Å². The quantitative estimate of drug-likeness (QED) is 0.0727. The van der Waals surface area contributed by atoms with Crippen LogP contribution in [-0.2, 0) is 10.0 Å². The zero-order valence-electron chi connectivity index (χ0n) is 37.8. The second-order valence-corrected chi connectivity index (χ2v) is 21.7. The molecule has 16 heteroatoms. The summed E-state index contributed by atoms with van der Waals surface area (Å²) >= 11 is 0. The van der Waals surface area contributed by atoms with E-state index in [2.05, 4.69) is 67.9 Å². The summed E-state index contributed by atoms with van der Waals surface area (Å²) in [5.41, 5.74) is 3.59. The molecule has 5 heterocycles. The standard InChI is InChI=1S/C50H59N7O8S/c1-31(2)38-7-4-5-8-39(38)42-9-6-20-56(42)35-27-50(28-35)17-21-55(22-18-50)34-10-11-40(44(24-34)64-36-23-33-14-19-51-47(33)53-29-36)48(58)54-66(62,63)37-25-41-46(43(26-37)57(60)61)65-45(30-52-41)32-12-15-49(3,59)16-13-32/h4-5,7-8,10-11,14,19,23-26,29,31-32,35,42,45,52,59H,6,9,12-13,15-18,20-22,27-28,30H2,1-3H3,(H,51,53)(H,54,58)/t32-,42-,45+,49-/m0/s1. The van der Waals surface area contributed by atoms with Crippen LogP contribution in [0.4, 0.5) is 17.1 Å². The number of carbonyl (C=O) groups excluding carboxylic acids is 1. The van der Waals surface area contributed by atoms with E-state index in [9.17, 15) is 28.4 Å². The Morgan fingerprint density at radius 1 is 1.02 bits per heavy atom. The lowest BCUT2D eigenvalue weighted by Gasteiger charge is -2.56. The van der Waals surface area contributed by atoms with E-state index in [-0.39, 0.29) is 28.7 Å². The lowest BCUT2D eigenvalue weighted by atomic mass is 9.59. The van der Waals surface area contributed by atoms with Crippen LogP contribution in [-0.4, -0.2) is 83.1 Å². The Morgan fingerprint density at radius 3 is 2.55 bits per heavy atom. The summed E-state index contributed by atoms with van der Waals surface area (Å²) in [6.45, 7) is 9.49. The number of benzene rings is 3. The van der Waals surface area contributed by atoms with Crippen molar-refractivity contribution in [2.24, 2.45) is 11.3 Å². The highest BCUT2D eigenvalue weighted by atomic mass is 32.2. The SMILES string of the molecule is CC(C)c1ccccc1[C@@H]1CCCN1C1CC2(CCN(c3ccc(C(=O)NS(=O)(=O)c4cc5c(c([N+](=O)[O-])c4)O[C@@H]([C@H]4CC[C@](C)(O)CC4)CN5)c(Oc4cnc5[nH]ccc5c4)c3)CC2)C1. The number of pyridine rings is 1. The van der Waals surface area contributed by atoms with Crippen LogP contribution in [0, 0.1) is 21.4 Å². The van der Waals surface area contributed by atoms with E-state index in [1.807, 2.05) is 12.1 Å². The first-order valence-corrected chi connectivity index (χ1v) is 25.0. The largest absolute Gasteiger partial charge is 0.480 e. The van der Waals surface area contributed by atoms with Gasteiger partial charge in [0.05, 0.1) is 39.4 Å². The number of ether oxygens (including phenoxy) is 2. The molecule has 5 aromatic rings. The molecule has 2 aromatic heterocycles. The van der Waals surface area contributed by atoms with E-state index < -0.39 is 43.1 Å². The number of fused-ring (bicyclic) bond motifs is 2. The Labute approximate surface area is 385 Å². The number of rotatable bonds is 11. The highest BCUT2D eigenvalue weighted by Gasteiger charge is 2.50. The van der Waals surface area contributed by atoms with Crippen molar-refractivity contribution < 1.29 is 32.7 Å². The number of likely N-dealkylation sites (tertiary alicyclic amines) is 1. The number of aliphatic hydroxyl groups is 1. The lowest BCUT2D eigenvalue weighted by Crippen LogP contribution is -2.54. The zero-order chi connectivity index (χ0) is 46.0. The topological polar surface area (TPSA) is 192 Å². The summed E-state index contributed by atoms with van der Waals surface area (Å²) < 4.78 is 42.7. The molecule has 5 aliphatic rings. The van der Waals surface area contributed by atoms with Crippen LogP contribution in [0.1, 0.15) is 118 Å². The number of piperidine rings is 1. The van der Waals surface area contributed by atoms with Crippen LogP contribution in [0.3, 0.4) is 0 Å². The molecule has 1 amide bonds. The molecule has 4 N–H and O–H groups in total. The third-order valence-corrected chi connectivity index (χ3v) is 16.6. The molecular formula is C50H59N7O8S. The molecule has 0 bridgehead atoms. The molecule has 4 fully saturated rings. The smallest absolute Gasteiger partial charge is 0.314 e. The monoisotopic (exact) mass is 917 g/mol. The number of hydrogen-bond donors (Lipinski definition) is 4. The molecule has 2 aliphatic carbocycles. The van der Waals surface area contributed by atoms with E-state index in [1.54, 1.807) is 31.3 Å². The zero-order valence-corrected chi connectivity index (χ0v) is 38.6. The van der Waals surface area contributed by atoms with Gasteiger partial charge in [0.25, 0.3) is 15.9 Å². The van der Waals surface area contributed by atoms with Crippen LogP contribution >= 0.6 is 0 Å². The summed E-state index contributed by atoms with van der Waals surface area (Å²) in [5.74, 6) is 0.0419. The van der Waals surface area contributed by atoms with E-state index in [1.165, 1.54) is 49.1 Å². The van der Waals surface area contributed by atoms with Gasteiger partial charge in [-0.2, -0.15) is 0 Å². The Kier molecular flexibility index (Phi) is 11.5. The third-order valence-electron chi connectivity index (χ3n) is 15.3. The Bertz CT molecular complexity index is 2770. The average Bonchev–Trinajstić information content (AvgIpc) is 3.98. The van der Waals surface area contributed by atoms with Crippen molar-refractivity contribution in [1.29, 1.82) is 0 Å². The number of nitrogens with zero attached hydrogens (tertiary/aromatic N) is 4. The number of carbonyl (C=O) groups is 1. The van der Waals surface area contributed by atoms with Gasteiger partial charge >= 0.3 is 5.69 Å². The minimum Gasteiger partial charge on any atom is -0.480 e. The molecule has 2 saturated carbocycles. The molecule has 0 radical (unpaired) electrons. The molecule has 3 aromatic carbocycles. The Balaban J connectivity index is 0.855. The van der Waals surface area contributed by atoms with Gasteiger partial charge in [0.2, 0.25) is 5.75 Å². The van der Waals surface area contributed by atoms with Crippen LogP contribution in [0.2, 0.25) is 0 Å². The molecule has 348 valence electrons. The fourth-order valence-electron chi connectivity index (χ4n) is 11.5. The van der Waals surface area contributed by atoms with Crippen LogP contribution in [0.25, 0.3) is 11.0 Å². The first-order chi connectivity index (χ1) is 31.6. The summed E-state index contributed by atoms with van der Waals surface area (Å²) in [4.78, 5) is 37.9. The van der Waals surface area contributed by atoms with Gasteiger partial charge in [-0.3, -0.25) is 19.8 Å². The number of amides is 1. The van der Waals surface area contributed by atoms with Crippen molar-refractivity contribution in [3.8, 4) is 17.2 Å². The van der Waals surface area contributed by atoms with E-state index in [0.717, 1.165) is 49.6 Å². The van der Waals surface area contributed by atoms with Crippen molar-refractivity contribution in [1.82, 2.24) is 19.6 Å². The second kappa shape index (κ2) is 17.2. The van der Waals surface area contributed by atoms with E-state index in [0.29, 0.717) is 67.0 Å². The lowest BCUT2D eigenvalue weighted by molar-refractivity contribution is -0.386. The first kappa shape index (κ1) is 44.1. The van der Waals surface area contributed by atoms with Crippen molar-refractivity contribution >= 4 is 44.0 Å². The van der Waals surface area contributed by atoms with Gasteiger partial charge in [0.15, 0.2) is 0 Å². The minimum absolute atomic E-state index is 0.0331. The van der Waals surface area contributed by atoms with Crippen LogP contribution in [0.15, 0.2) is 84.0 Å². The first-order valence-electron chi connectivity index (χ1n) is 23.5. The number of nitro benzene ring substituents is 1. The maximum absolute atomic E-state index is 14.1. The van der Waals surface area contributed by atoms with Gasteiger partial charge in [-0.25, -0.2) is 18.1 Å². The Morgan fingerprint density at radius 2 is 1.79 bits per heavy atom. The van der Waals surface area contributed by atoms with Gasteiger partial charge in [-0.15, -0.1) is 0 Å². The fourth-order valence-corrected chi connectivity index (χ4v) is 12.5. The molecule has 0 unspecified atom stereocenters. The molecule has 66 heavy (non-hydrogen) atoms. The summed E-state index contributed by atoms with van der Waals surface area (Å²) in [5, 5.41) is 26.8. The molecule has 10 rings (SSSR count). The molecule has 3 aliphatic heterocycles. The molecule has 2 atom stereocenters. The Hall–Kier alpha value is -5.71. The molecule has 2 saturated heterocycles. The van der Waals surface area contributed by atoms with Crippen LogP contribution < -0.4 is 24.4 Å². The highest BCUT2D eigenvalue weighted by molar-refractivity contribution is 7.90. The molecule has 15 nitrogen and oxygen atoms in total. The third kappa shape index (κ3) is 8.58. The average molecular weight is 918 g/mol. The number of anilines is 2. The maximum atomic E-state index is 14.1. The fraction of sp³-hybridized carbons (Fsp3) is 0.480. The van der Waals surface area contributed by atoms with Gasteiger partial charge in [-0.05, 0) is 136 Å². The number of nitrogens with one attached hydrogen (secondary N) is 3. The number of hydrogen-bond acceptors (Lipinski definition) is 12. The number of aromatic amines is 1. The minimum atomic E-state index is -4.64. The van der Waals surface area contributed by atoms with Gasteiger partial charge in [0, 0.05) is 54.6 Å². The van der Waals surface area contributed by atoms with Crippen molar-refractivity contribution in [2.75, 3.05) is 36.4 Å². The highest BCUT2D eigenvalue weighted by Crippen LogP contribution is 2.54.